The van der Waals surface area contributed by atoms with Crippen LogP contribution in [-0.2, 0) is 5.54 Å². The Morgan fingerprint density at radius 1 is 1.47 bits per heavy atom. The highest BCUT2D eigenvalue weighted by molar-refractivity contribution is 5.69. The molecular formula is C9H12N4O2. The Morgan fingerprint density at radius 2 is 2.13 bits per heavy atom. The first kappa shape index (κ1) is 9.70. The Kier molecular flexibility index (Phi) is 1.82. The maximum Gasteiger partial charge on any atom is 0.368 e. The van der Waals surface area contributed by atoms with Crippen LogP contribution < -0.4 is 11.4 Å². The predicted octanol–water partition coefficient (Wildman–Crippen LogP) is 0.722. The molecule has 0 aliphatic heterocycles. The van der Waals surface area contributed by atoms with E-state index in [2.05, 4.69) is 14.4 Å². The predicted molar refractivity (Wildman–Crippen MR) is 55.5 cm³/mol. The highest BCUT2D eigenvalue weighted by Crippen LogP contribution is 2.18. The Labute approximate surface area is 85.7 Å². The molecule has 0 bridgehead atoms. The zero-order chi connectivity index (χ0) is 11.2. The number of aromatic nitrogens is 3. The number of imidazole rings is 1. The smallest absolute Gasteiger partial charge is 0.368 e. The topological polar surface area (TPSA) is 86.9 Å². The van der Waals surface area contributed by atoms with Gasteiger partial charge in [-0.05, 0) is 20.8 Å². The number of nitrogens with zero attached hydrogens (tertiary/aromatic N) is 3. The summed E-state index contributed by atoms with van der Waals surface area (Å²) < 4.78 is 6.44. The van der Waals surface area contributed by atoms with Crippen molar-refractivity contribution in [3.63, 3.8) is 0 Å². The molecule has 0 saturated carbocycles. The zero-order valence-electron chi connectivity index (χ0n) is 8.81. The van der Waals surface area contributed by atoms with Crippen LogP contribution in [0.15, 0.2) is 15.5 Å². The first-order valence-electron chi connectivity index (χ1n) is 4.54. The van der Waals surface area contributed by atoms with E-state index in [-0.39, 0.29) is 17.1 Å². The summed E-state index contributed by atoms with van der Waals surface area (Å²) in [6, 6.07) is -0.140. The molecule has 80 valence electrons. The van der Waals surface area contributed by atoms with Crippen LogP contribution in [0.3, 0.4) is 0 Å². The number of nitrogen functional groups attached to an aromatic ring is 1. The van der Waals surface area contributed by atoms with Gasteiger partial charge in [-0.25, -0.2) is 9.78 Å². The van der Waals surface area contributed by atoms with Crippen LogP contribution in [-0.4, -0.2) is 14.5 Å². The van der Waals surface area contributed by atoms with Crippen molar-refractivity contribution in [1.29, 1.82) is 0 Å². The minimum Gasteiger partial charge on any atom is -0.388 e. The molecule has 6 nitrogen and oxygen atoms in total. The van der Waals surface area contributed by atoms with Gasteiger partial charge in [0.25, 0.3) is 6.01 Å². The molecule has 0 atom stereocenters. The fourth-order valence-electron chi connectivity index (χ4n) is 1.35. The molecule has 0 aliphatic carbocycles. The average Bonchev–Trinajstić information content (AvgIpc) is 2.45. The number of hydrogen-bond donors (Lipinski definition) is 1. The van der Waals surface area contributed by atoms with Crippen molar-refractivity contribution in [3.8, 4) is 0 Å². The first-order valence-corrected chi connectivity index (χ1v) is 4.54. The standard InChI is InChI=1S/C9H12N4O2/c1-9(2,3)13-4-11-5-6(13)12-8(10)15-7(5)14/h4H,1-3H3,(H2,10,12). The lowest BCUT2D eigenvalue weighted by atomic mass is 10.1. The molecule has 0 amide bonds. The van der Waals surface area contributed by atoms with Gasteiger partial charge in [0.2, 0.25) is 0 Å². The lowest BCUT2D eigenvalue weighted by molar-refractivity contribution is 0.405. The molecule has 2 aromatic rings. The second kappa shape index (κ2) is 2.82. The van der Waals surface area contributed by atoms with Crippen LogP contribution in [0.1, 0.15) is 20.8 Å². The Morgan fingerprint density at radius 3 is 2.73 bits per heavy atom. The summed E-state index contributed by atoms with van der Waals surface area (Å²) in [6.45, 7) is 5.96. The van der Waals surface area contributed by atoms with Crippen molar-refractivity contribution in [2.75, 3.05) is 5.73 Å². The summed E-state index contributed by atoms with van der Waals surface area (Å²) >= 11 is 0. The maximum atomic E-state index is 11.4. The molecule has 0 fully saturated rings. The van der Waals surface area contributed by atoms with Gasteiger partial charge < -0.3 is 14.7 Å². The van der Waals surface area contributed by atoms with Gasteiger partial charge in [0.1, 0.15) is 0 Å². The van der Waals surface area contributed by atoms with Crippen LogP contribution in [0.25, 0.3) is 11.2 Å². The lowest BCUT2D eigenvalue weighted by Gasteiger charge is -2.20. The summed E-state index contributed by atoms with van der Waals surface area (Å²) in [5, 5.41) is 0. The number of hydrogen-bond acceptors (Lipinski definition) is 5. The van der Waals surface area contributed by atoms with E-state index in [0.717, 1.165) is 0 Å². The summed E-state index contributed by atoms with van der Waals surface area (Å²) in [6.07, 6.45) is 1.56. The monoisotopic (exact) mass is 208 g/mol. The van der Waals surface area contributed by atoms with Gasteiger partial charge in [-0.1, -0.05) is 0 Å². The van der Waals surface area contributed by atoms with E-state index in [4.69, 9.17) is 5.73 Å². The van der Waals surface area contributed by atoms with Crippen LogP contribution in [0.2, 0.25) is 0 Å². The molecule has 0 radical (unpaired) electrons. The van der Waals surface area contributed by atoms with Gasteiger partial charge in [0, 0.05) is 5.54 Å². The molecule has 0 unspecified atom stereocenters. The van der Waals surface area contributed by atoms with Crippen LogP contribution >= 0.6 is 0 Å². The van der Waals surface area contributed by atoms with Crippen LogP contribution in [0.5, 0.6) is 0 Å². The van der Waals surface area contributed by atoms with E-state index in [1.807, 2.05) is 20.8 Å². The SMILES string of the molecule is CC(C)(C)n1cnc2c(=O)oc(N)nc21. The second-order valence-corrected chi connectivity index (χ2v) is 4.30. The third-order valence-electron chi connectivity index (χ3n) is 2.07. The van der Waals surface area contributed by atoms with Gasteiger partial charge >= 0.3 is 5.63 Å². The summed E-state index contributed by atoms with van der Waals surface area (Å²) in [5.41, 5.74) is 5.28. The van der Waals surface area contributed by atoms with E-state index < -0.39 is 5.63 Å². The van der Waals surface area contributed by atoms with Gasteiger partial charge in [-0.15, -0.1) is 0 Å². The van der Waals surface area contributed by atoms with Gasteiger partial charge in [0.15, 0.2) is 11.2 Å². The molecule has 6 heteroatoms. The van der Waals surface area contributed by atoms with E-state index in [1.165, 1.54) is 0 Å². The average molecular weight is 208 g/mol. The summed E-state index contributed by atoms with van der Waals surface area (Å²) in [4.78, 5) is 19.3. The van der Waals surface area contributed by atoms with Gasteiger partial charge in [-0.2, -0.15) is 4.98 Å². The molecule has 0 aliphatic rings. The minimum atomic E-state index is -0.555. The van der Waals surface area contributed by atoms with E-state index in [9.17, 15) is 4.79 Å². The van der Waals surface area contributed by atoms with E-state index in [0.29, 0.717) is 5.65 Å². The van der Waals surface area contributed by atoms with Crippen molar-refractivity contribution < 1.29 is 4.42 Å². The maximum absolute atomic E-state index is 11.4. The molecular weight excluding hydrogens is 196 g/mol. The van der Waals surface area contributed by atoms with Crippen LogP contribution in [0, 0.1) is 0 Å². The normalized spacial score (nSPS) is 12.2. The Hall–Kier alpha value is -1.85. The number of rotatable bonds is 0. The van der Waals surface area contributed by atoms with Crippen molar-refractivity contribution in [2.45, 2.75) is 26.3 Å². The fourth-order valence-corrected chi connectivity index (χ4v) is 1.35. The van der Waals surface area contributed by atoms with Crippen molar-refractivity contribution in [3.05, 3.63) is 16.7 Å². The summed E-state index contributed by atoms with van der Waals surface area (Å²) in [7, 11) is 0. The van der Waals surface area contributed by atoms with E-state index in [1.54, 1.807) is 10.9 Å². The van der Waals surface area contributed by atoms with Gasteiger partial charge in [0.05, 0.1) is 6.33 Å². The summed E-state index contributed by atoms with van der Waals surface area (Å²) in [5.74, 6) is 0. The third-order valence-corrected chi connectivity index (χ3v) is 2.07. The second-order valence-electron chi connectivity index (χ2n) is 4.30. The molecule has 2 N–H and O–H groups in total. The molecule has 2 aromatic heterocycles. The molecule has 0 saturated heterocycles. The van der Waals surface area contributed by atoms with E-state index >= 15 is 0 Å². The van der Waals surface area contributed by atoms with Crippen molar-refractivity contribution >= 4 is 17.2 Å². The lowest BCUT2D eigenvalue weighted by Crippen LogP contribution is -2.21. The van der Waals surface area contributed by atoms with Crippen LogP contribution in [0.4, 0.5) is 6.01 Å². The Bertz CT molecular complexity index is 561. The van der Waals surface area contributed by atoms with Gasteiger partial charge in [-0.3, -0.25) is 0 Å². The number of nitrogens with two attached hydrogens (primary N) is 1. The highest BCUT2D eigenvalue weighted by Gasteiger charge is 2.19. The number of anilines is 1. The minimum absolute atomic E-state index is 0.140. The highest BCUT2D eigenvalue weighted by atomic mass is 16.4. The largest absolute Gasteiger partial charge is 0.388 e. The molecule has 0 spiro atoms. The third kappa shape index (κ3) is 1.47. The molecule has 15 heavy (non-hydrogen) atoms. The van der Waals surface area contributed by atoms with Crippen molar-refractivity contribution in [1.82, 2.24) is 14.5 Å². The Balaban J connectivity index is 2.86. The quantitative estimate of drug-likeness (QED) is 0.689. The first-order chi connectivity index (χ1) is 6.89. The van der Waals surface area contributed by atoms with Crippen molar-refractivity contribution in [2.24, 2.45) is 0 Å². The molecule has 2 rings (SSSR count). The fraction of sp³-hybridized carbons (Fsp3) is 0.444. The molecule has 2 heterocycles. The zero-order valence-corrected chi connectivity index (χ0v) is 8.81. The number of fused-ring (bicyclic) bond motifs is 1. The molecule has 0 aromatic carbocycles.